The van der Waals surface area contributed by atoms with Gasteiger partial charge in [0.25, 0.3) is 5.91 Å². The van der Waals surface area contributed by atoms with Crippen molar-refractivity contribution in [1.29, 1.82) is 0 Å². The van der Waals surface area contributed by atoms with Crippen LogP contribution in [0, 0.1) is 5.92 Å². The molecule has 2 N–H and O–H groups in total. The maximum Gasteiger partial charge on any atom is 0.291 e. The number of benzene rings is 1. The number of anilines is 1. The average molecular weight is 364 g/mol. The van der Waals surface area contributed by atoms with E-state index in [1.54, 1.807) is 28.9 Å². The lowest BCUT2D eigenvalue weighted by Crippen LogP contribution is -2.24. The predicted octanol–water partition coefficient (Wildman–Crippen LogP) is 2.69. The fourth-order valence-corrected chi connectivity index (χ4v) is 3.11. The molecule has 2 aromatic heterocycles. The van der Waals surface area contributed by atoms with Gasteiger partial charge in [-0.3, -0.25) is 14.3 Å². The first-order valence-corrected chi connectivity index (χ1v) is 8.80. The highest BCUT2D eigenvalue weighted by molar-refractivity contribution is 6.02. The van der Waals surface area contributed by atoms with Crippen molar-refractivity contribution in [2.75, 3.05) is 5.32 Å². The van der Waals surface area contributed by atoms with Crippen LogP contribution in [0.2, 0.25) is 0 Å². The second kappa shape index (κ2) is 7.11. The highest BCUT2D eigenvalue weighted by Gasteiger charge is 2.44. The first kappa shape index (κ1) is 17.1. The molecule has 0 saturated heterocycles. The Kier molecular flexibility index (Phi) is 4.50. The van der Waals surface area contributed by atoms with Gasteiger partial charge in [-0.05, 0) is 47.7 Å². The van der Waals surface area contributed by atoms with Gasteiger partial charge in [0.1, 0.15) is 0 Å². The van der Waals surface area contributed by atoms with E-state index < -0.39 is 0 Å². The molecule has 1 fully saturated rings. The lowest BCUT2D eigenvalue weighted by molar-refractivity contribution is -0.122. The summed E-state index contributed by atoms with van der Waals surface area (Å²) in [5.74, 6) is 0.341. The van der Waals surface area contributed by atoms with Crippen molar-refractivity contribution in [3.63, 3.8) is 0 Å². The molecule has 0 radical (unpaired) electrons. The number of aromatic nitrogens is 2. The van der Waals surface area contributed by atoms with E-state index >= 15 is 0 Å². The minimum absolute atomic E-state index is 0.0288. The van der Waals surface area contributed by atoms with Crippen molar-refractivity contribution >= 4 is 17.5 Å². The van der Waals surface area contributed by atoms with Gasteiger partial charge in [0.15, 0.2) is 5.76 Å². The molecule has 1 aliphatic rings. The zero-order valence-corrected chi connectivity index (χ0v) is 14.9. The van der Waals surface area contributed by atoms with Crippen LogP contribution in [-0.4, -0.2) is 21.6 Å². The Bertz CT molecular complexity index is 944. The van der Waals surface area contributed by atoms with Crippen LogP contribution in [0.15, 0.2) is 59.5 Å². The minimum Gasteiger partial charge on any atom is -0.459 e. The van der Waals surface area contributed by atoms with Gasteiger partial charge >= 0.3 is 0 Å². The van der Waals surface area contributed by atoms with Crippen molar-refractivity contribution in [2.45, 2.75) is 18.9 Å². The number of carbonyl (C=O) groups is 2. The first-order valence-electron chi connectivity index (χ1n) is 8.80. The fourth-order valence-electron chi connectivity index (χ4n) is 3.11. The third kappa shape index (κ3) is 3.92. The molecular weight excluding hydrogens is 344 g/mol. The number of nitrogens with zero attached hydrogens (tertiary/aromatic N) is 2. The van der Waals surface area contributed by atoms with Crippen LogP contribution >= 0.6 is 0 Å². The largest absolute Gasteiger partial charge is 0.459 e. The van der Waals surface area contributed by atoms with E-state index in [2.05, 4.69) is 15.7 Å². The summed E-state index contributed by atoms with van der Waals surface area (Å²) < 4.78 is 6.82. The van der Waals surface area contributed by atoms with Gasteiger partial charge < -0.3 is 15.1 Å². The lowest BCUT2D eigenvalue weighted by atomic mass is 10.1. The summed E-state index contributed by atoms with van der Waals surface area (Å²) in [5.41, 5.74) is 2.76. The fraction of sp³-hybridized carbons (Fsp3) is 0.250. The molecular formula is C20H20N4O3. The third-order valence-electron chi connectivity index (χ3n) is 4.70. The Hall–Kier alpha value is -3.35. The third-order valence-corrected chi connectivity index (χ3v) is 4.70. The Morgan fingerprint density at radius 1 is 1.26 bits per heavy atom. The second-order valence-electron chi connectivity index (χ2n) is 6.74. The van der Waals surface area contributed by atoms with Gasteiger partial charge in [0.2, 0.25) is 5.91 Å². The summed E-state index contributed by atoms with van der Waals surface area (Å²) in [6, 6.07) is 10.6. The molecule has 1 aromatic carbocycles. The van der Waals surface area contributed by atoms with Crippen molar-refractivity contribution in [2.24, 2.45) is 13.0 Å². The molecule has 3 aromatic rings. The quantitative estimate of drug-likeness (QED) is 0.704. The molecule has 4 rings (SSSR count). The summed E-state index contributed by atoms with van der Waals surface area (Å²) >= 11 is 0. The number of nitrogens with one attached hydrogen (secondary N) is 2. The molecule has 2 atom stereocenters. The zero-order chi connectivity index (χ0) is 18.8. The molecule has 0 aliphatic heterocycles. The van der Waals surface area contributed by atoms with Crippen LogP contribution in [0.1, 0.15) is 34.0 Å². The number of aryl methyl sites for hydroxylation is 1. The second-order valence-corrected chi connectivity index (χ2v) is 6.74. The Morgan fingerprint density at radius 3 is 2.74 bits per heavy atom. The Morgan fingerprint density at radius 2 is 2.07 bits per heavy atom. The molecule has 27 heavy (non-hydrogen) atoms. The van der Waals surface area contributed by atoms with Crippen molar-refractivity contribution in [3.8, 4) is 0 Å². The monoisotopic (exact) mass is 364 g/mol. The van der Waals surface area contributed by atoms with E-state index in [4.69, 9.17) is 4.42 Å². The number of amides is 2. The van der Waals surface area contributed by atoms with Gasteiger partial charge in [-0.25, -0.2) is 0 Å². The SMILES string of the molecule is Cn1cc(C2CC2C(=O)NCc2ccc(NC(=O)c3ccco3)cc2)cn1. The van der Waals surface area contributed by atoms with E-state index in [9.17, 15) is 9.59 Å². The van der Waals surface area contributed by atoms with E-state index in [1.807, 2.05) is 31.6 Å². The van der Waals surface area contributed by atoms with Crippen molar-refractivity contribution < 1.29 is 14.0 Å². The van der Waals surface area contributed by atoms with Crippen LogP contribution < -0.4 is 10.6 Å². The Balaban J connectivity index is 1.26. The molecule has 2 unspecified atom stereocenters. The molecule has 1 aliphatic carbocycles. The maximum atomic E-state index is 12.3. The maximum absolute atomic E-state index is 12.3. The van der Waals surface area contributed by atoms with Gasteiger partial charge in [-0.1, -0.05) is 12.1 Å². The van der Waals surface area contributed by atoms with Crippen LogP contribution in [-0.2, 0) is 18.4 Å². The summed E-state index contributed by atoms with van der Waals surface area (Å²) in [7, 11) is 1.88. The van der Waals surface area contributed by atoms with Crippen LogP contribution in [0.25, 0.3) is 0 Å². The highest BCUT2D eigenvalue weighted by atomic mass is 16.3. The van der Waals surface area contributed by atoms with Gasteiger partial charge in [-0.2, -0.15) is 5.10 Å². The average Bonchev–Trinajstić information content (AvgIpc) is 3.05. The molecule has 0 spiro atoms. The van der Waals surface area contributed by atoms with Crippen LogP contribution in [0.5, 0.6) is 0 Å². The minimum atomic E-state index is -0.295. The summed E-state index contributed by atoms with van der Waals surface area (Å²) in [4.78, 5) is 24.2. The van der Waals surface area contributed by atoms with E-state index in [0.29, 0.717) is 12.2 Å². The predicted molar refractivity (Wildman–Crippen MR) is 99.0 cm³/mol. The summed E-state index contributed by atoms with van der Waals surface area (Å²) in [6.07, 6.45) is 6.12. The smallest absolute Gasteiger partial charge is 0.291 e. The van der Waals surface area contributed by atoms with Crippen LogP contribution in [0.4, 0.5) is 5.69 Å². The molecule has 1 saturated carbocycles. The van der Waals surface area contributed by atoms with Crippen LogP contribution in [0.3, 0.4) is 0 Å². The normalized spacial score (nSPS) is 18.1. The van der Waals surface area contributed by atoms with Gasteiger partial charge in [-0.15, -0.1) is 0 Å². The standard InChI is InChI=1S/C20H20N4O3/c1-24-12-14(11-22-24)16-9-17(16)19(25)21-10-13-4-6-15(7-5-13)23-20(26)18-3-2-8-27-18/h2-8,11-12,16-17H,9-10H2,1H3,(H,21,25)(H,23,26). The molecule has 7 nitrogen and oxygen atoms in total. The summed E-state index contributed by atoms with van der Waals surface area (Å²) in [5, 5.41) is 9.90. The number of rotatable bonds is 6. The van der Waals surface area contributed by atoms with E-state index in [1.165, 1.54) is 6.26 Å². The van der Waals surface area contributed by atoms with Crippen molar-refractivity contribution in [3.05, 3.63) is 71.9 Å². The first-order chi connectivity index (χ1) is 13.1. The molecule has 138 valence electrons. The molecule has 2 heterocycles. The number of carbonyl (C=O) groups excluding carboxylic acids is 2. The van der Waals surface area contributed by atoms with Gasteiger partial charge in [0, 0.05) is 31.4 Å². The lowest BCUT2D eigenvalue weighted by Gasteiger charge is -2.07. The topological polar surface area (TPSA) is 89.2 Å². The molecule has 7 heteroatoms. The number of furan rings is 1. The molecule has 2 amide bonds. The molecule has 0 bridgehead atoms. The number of hydrogen-bond acceptors (Lipinski definition) is 4. The van der Waals surface area contributed by atoms with Gasteiger partial charge in [0.05, 0.1) is 12.5 Å². The van der Waals surface area contributed by atoms with Crippen molar-refractivity contribution in [1.82, 2.24) is 15.1 Å². The highest BCUT2D eigenvalue weighted by Crippen LogP contribution is 2.47. The Labute approximate surface area is 156 Å². The number of hydrogen-bond donors (Lipinski definition) is 2. The van der Waals surface area contributed by atoms with E-state index in [-0.39, 0.29) is 29.4 Å². The van der Waals surface area contributed by atoms with E-state index in [0.717, 1.165) is 17.5 Å². The summed E-state index contributed by atoms with van der Waals surface area (Å²) in [6.45, 7) is 0.460. The zero-order valence-electron chi connectivity index (χ0n) is 14.9.